The zero-order valence-electron chi connectivity index (χ0n) is 21.1. The van der Waals surface area contributed by atoms with Crippen LogP contribution in [-0.4, -0.2) is 58.0 Å². The molecular formula is C28H36FN3O3S. The van der Waals surface area contributed by atoms with Crippen LogP contribution in [0.25, 0.3) is 10.9 Å². The van der Waals surface area contributed by atoms with E-state index < -0.39 is 12.1 Å². The van der Waals surface area contributed by atoms with E-state index in [0.29, 0.717) is 24.2 Å². The molecule has 1 unspecified atom stereocenters. The lowest BCUT2D eigenvalue weighted by Gasteiger charge is -2.38. The van der Waals surface area contributed by atoms with Gasteiger partial charge in [-0.25, -0.2) is 4.39 Å². The number of methoxy groups -OCH3 is 1. The molecule has 0 bridgehead atoms. The number of aromatic nitrogens is 2. The first-order valence-corrected chi connectivity index (χ1v) is 13.7. The Labute approximate surface area is 216 Å². The molecule has 2 aromatic heterocycles. The van der Waals surface area contributed by atoms with Gasteiger partial charge in [0.15, 0.2) is 0 Å². The van der Waals surface area contributed by atoms with Crippen LogP contribution in [0.5, 0.6) is 5.75 Å². The Bertz CT molecular complexity index is 1150. The number of benzene rings is 1. The van der Waals surface area contributed by atoms with Gasteiger partial charge in [-0.05, 0) is 92.6 Å². The van der Waals surface area contributed by atoms with Gasteiger partial charge in [0.25, 0.3) is 0 Å². The van der Waals surface area contributed by atoms with Gasteiger partial charge < -0.3 is 19.3 Å². The van der Waals surface area contributed by atoms with Gasteiger partial charge in [-0.3, -0.25) is 9.78 Å². The number of ether oxygens (including phenoxy) is 1. The second kappa shape index (κ2) is 12.6. The summed E-state index contributed by atoms with van der Waals surface area (Å²) in [6.07, 6.45) is 5.77. The van der Waals surface area contributed by atoms with E-state index in [-0.39, 0.29) is 18.3 Å². The zero-order chi connectivity index (χ0) is 25.5. The fourth-order valence-corrected chi connectivity index (χ4v) is 6.24. The van der Waals surface area contributed by atoms with Crippen LogP contribution in [0.2, 0.25) is 0 Å². The average molecular weight is 514 g/mol. The summed E-state index contributed by atoms with van der Waals surface area (Å²) in [5, 5.41) is 11.6. The van der Waals surface area contributed by atoms with Crippen molar-refractivity contribution in [3.05, 3.63) is 54.4 Å². The zero-order valence-corrected chi connectivity index (χ0v) is 21.9. The highest BCUT2D eigenvalue weighted by atomic mass is 32.2. The Balaban J connectivity index is 1.32. The number of thioether (sulfide) groups is 1. The Kier molecular flexibility index (Phi) is 9.26. The molecule has 36 heavy (non-hydrogen) atoms. The summed E-state index contributed by atoms with van der Waals surface area (Å²) in [5.74, 6) is 1.22. The molecule has 3 aromatic rings. The predicted molar refractivity (Wildman–Crippen MR) is 142 cm³/mol. The number of likely N-dealkylation sites (tertiary alicyclic amines) is 1. The third-order valence-corrected chi connectivity index (χ3v) is 8.50. The first kappa shape index (κ1) is 26.5. The number of nitrogens with zero attached hydrogens (tertiary/aromatic N) is 3. The Morgan fingerprint density at radius 1 is 1.31 bits per heavy atom. The van der Waals surface area contributed by atoms with E-state index in [1.54, 1.807) is 19.4 Å². The second-order valence-electron chi connectivity index (χ2n) is 9.69. The Morgan fingerprint density at radius 3 is 2.92 bits per heavy atom. The molecular weight excluding hydrogens is 477 g/mol. The van der Waals surface area contributed by atoms with Crippen molar-refractivity contribution in [2.75, 3.05) is 32.5 Å². The van der Waals surface area contributed by atoms with E-state index in [4.69, 9.17) is 4.74 Å². The molecule has 0 saturated carbocycles. The summed E-state index contributed by atoms with van der Waals surface area (Å²) in [4.78, 5) is 18.3. The molecule has 4 rings (SSSR count). The molecule has 194 valence electrons. The standard InChI is InChI=1S/C28H36FN3O3S/c1-31-13-3-5-27(31)36-16-4-14-32-15-11-20(21(19-32)17-28(33)34)6-8-25(29)23-10-12-30-26-9-7-22(35-2)18-24(23)26/h3,5,7,9-10,12-13,18,20-21,25H,4,6,8,11,14-17,19H2,1-2H3,(H,33,34)/t20-,21+,25?/m1/s1. The highest BCUT2D eigenvalue weighted by Gasteiger charge is 2.31. The summed E-state index contributed by atoms with van der Waals surface area (Å²) >= 11 is 1.85. The van der Waals surface area contributed by atoms with Crippen LogP contribution in [0, 0.1) is 11.8 Å². The molecule has 6 nitrogen and oxygen atoms in total. The number of aryl methyl sites for hydroxylation is 1. The molecule has 3 atom stereocenters. The minimum atomic E-state index is -1.12. The minimum Gasteiger partial charge on any atom is -0.497 e. The predicted octanol–water partition coefficient (Wildman–Crippen LogP) is 5.97. The van der Waals surface area contributed by atoms with Gasteiger partial charge in [0.05, 0.1) is 17.7 Å². The molecule has 1 fully saturated rings. The molecule has 0 amide bonds. The van der Waals surface area contributed by atoms with E-state index in [1.807, 2.05) is 30.0 Å². The van der Waals surface area contributed by atoms with E-state index in [9.17, 15) is 9.90 Å². The first-order chi connectivity index (χ1) is 17.4. The van der Waals surface area contributed by atoms with Crippen molar-refractivity contribution >= 4 is 28.6 Å². The fraction of sp³-hybridized carbons (Fsp3) is 0.500. The minimum absolute atomic E-state index is 0.0539. The van der Waals surface area contributed by atoms with Crippen molar-refractivity contribution in [3.8, 4) is 5.75 Å². The number of carboxylic acids is 1. The summed E-state index contributed by atoms with van der Waals surface area (Å²) in [7, 11) is 3.65. The number of aliphatic carboxylic acids is 1. The molecule has 0 spiro atoms. The normalized spacial score (nSPS) is 19.4. The smallest absolute Gasteiger partial charge is 0.303 e. The Morgan fingerprint density at radius 2 is 2.17 bits per heavy atom. The van der Waals surface area contributed by atoms with Crippen LogP contribution in [-0.2, 0) is 11.8 Å². The van der Waals surface area contributed by atoms with Crippen LogP contribution in [0.15, 0.2) is 53.8 Å². The number of hydrogen-bond donors (Lipinski definition) is 1. The lowest BCUT2D eigenvalue weighted by molar-refractivity contribution is -0.139. The summed E-state index contributed by atoms with van der Waals surface area (Å²) in [6.45, 7) is 2.69. The molecule has 1 aliphatic rings. The van der Waals surface area contributed by atoms with Crippen molar-refractivity contribution in [1.82, 2.24) is 14.5 Å². The average Bonchev–Trinajstić information content (AvgIpc) is 3.29. The van der Waals surface area contributed by atoms with Crippen molar-refractivity contribution < 1.29 is 19.0 Å². The Hall–Kier alpha value is -2.58. The van der Waals surface area contributed by atoms with Gasteiger partial charge in [0.2, 0.25) is 0 Å². The van der Waals surface area contributed by atoms with Gasteiger partial charge in [0.1, 0.15) is 11.9 Å². The third-order valence-electron chi connectivity index (χ3n) is 7.29. The monoisotopic (exact) mass is 513 g/mol. The van der Waals surface area contributed by atoms with Crippen LogP contribution in [0.4, 0.5) is 4.39 Å². The van der Waals surface area contributed by atoms with Gasteiger partial charge in [0, 0.05) is 43.5 Å². The number of rotatable bonds is 12. The fourth-order valence-electron chi connectivity index (χ4n) is 5.32. The maximum Gasteiger partial charge on any atom is 0.303 e. The van der Waals surface area contributed by atoms with Crippen LogP contribution < -0.4 is 4.74 Å². The molecule has 0 radical (unpaired) electrons. The number of carboxylic acid groups (broad SMARTS) is 1. The number of alkyl halides is 1. The molecule has 3 heterocycles. The van der Waals surface area contributed by atoms with Crippen molar-refractivity contribution in [2.45, 2.75) is 43.3 Å². The number of pyridine rings is 1. The van der Waals surface area contributed by atoms with E-state index in [1.165, 1.54) is 5.03 Å². The molecule has 1 aromatic carbocycles. The molecule has 8 heteroatoms. The molecule has 1 N–H and O–H groups in total. The van der Waals surface area contributed by atoms with Gasteiger partial charge >= 0.3 is 5.97 Å². The molecule has 1 saturated heterocycles. The molecule has 0 aliphatic carbocycles. The van der Waals surface area contributed by atoms with Crippen LogP contribution >= 0.6 is 11.8 Å². The van der Waals surface area contributed by atoms with Gasteiger partial charge in [-0.2, -0.15) is 0 Å². The topological polar surface area (TPSA) is 67.6 Å². The van der Waals surface area contributed by atoms with Gasteiger partial charge in [-0.15, -0.1) is 11.8 Å². The van der Waals surface area contributed by atoms with Crippen molar-refractivity contribution in [1.29, 1.82) is 0 Å². The highest BCUT2D eigenvalue weighted by molar-refractivity contribution is 7.99. The summed E-state index contributed by atoms with van der Waals surface area (Å²) in [6, 6.07) is 11.4. The third kappa shape index (κ3) is 6.79. The van der Waals surface area contributed by atoms with E-state index in [0.717, 1.165) is 49.1 Å². The highest BCUT2D eigenvalue weighted by Crippen LogP contribution is 2.36. The first-order valence-electron chi connectivity index (χ1n) is 12.7. The summed E-state index contributed by atoms with van der Waals surface area (Å²) < 4.78 is 22.9. The van der Waals surface area contributed by atoms with E-state index >= 15 is 4.39 Å². The SMILES string of the molecule is COc1ccc2nccc(C(F)CC[C@@H]3CCN(CCCSc4cccn4C)C[C@@H]3CC(=O)O)c2c1. The van der Waals surface area contributed by atoms with Crippen molar-refractivity contribution in [3.63, 3.8) is 0 Å². The van der Waals surface area contributed by atoms with E-state index in [2.05, 4.69) is 39.8 Å². The van der Waals surface area contributed by atoms with Crippen molar-refractivity contribution in [2.24, 2.45) is 18.9 Å². The quantitative estimate of drug-likeness (QED) is 0.238. The maximum atomic E-state index is 15.5. The number of piperidine rings is 1. The molecule has 1 aliphatic heterocycles. The van der Waals surface area contributed by atoms with Gasteiger partial charge in [-0.1, -0.05) is 0 Å². The lowest BCUT2D eigenvalue weighted by Crippen LogP contribution is -2.42. The number of carbonyl (C=O) groups is 1. The number of halogens is 1. The number of hydrogen-bond acceptors (Lipinski definition) is 5. The van der Waals surface area contributed by atoms with Crippen LogP contribution in [0.1, 0.15) is 43.8 Å². The number of fused-ring (bicyclic) bond motifs is 1. The largest absolute Gasteiger partial charge is 0.497 e. The lowest BCUT2D eigenvalue weighted by atomic mass is 9.79. The second-order valence-corrected chi connectivity index (χ2v) is 10.8. The summed E-state index contributed by atoms with van der Waals surface area (Å²) in [5.41, 5.74) is 1.38. The maximum absolute atomic E-state index is 15.5. The van der Waals surface area contributed by atoms with Crippen LogP contribution in [0.3, 0.4) is 0 Å².